The number of Topliss-reactive ketones (excluding diaryl/α,β-unsaturated/α-hetero) is 1. The summed E-state index contributed by atoms with van der Waals surface area (Å²) in [6, 6.07) is 10.1. The van der Waals surface area contributed by atoms with E-state index in [2.05, 4.69) is 18.7 Å². The minimum atomic E-state index is -0.296. The minimum Gasteiger partial charge on any atom is -0.299 e. The molecule has 0 amide bonds. The second-order valence-electron chi connectivity index (χ2n) is 4.46. The van der Waals surface area contributed by atoms with Crippen LogP contribution in [0.3, 0.4) is 0 Å². The molecule has 1 heteroatoms. The van der Waals surface area contributed by atoms with E-state index in [4.69, 9.17) is 0 Å². The molecule has 1 aromatic carbocycles. The van der Waals surface area contributed by atoms with Crippen LogP contribution in [0.15, 0.2) is 43.0 Å². The molecule has 1 aromatic rings. The van der Waals surface area contributed by atoms with Gasteiger partial charge in [0.05, 0.1) is 0 Å². The van der Waals surface area contributed by atoms with Gasteiger partial charge in [0.25, 0.3) is 0 Å². The molecule has 0 unspecified atom stereocenters. The zero-order chi connectivity index (χ0) is 11.3. The van der Waals surface area contributed by atoms with Crippen LogP contribution in [0.1, 0.15) is 25.8 Å². The Hall–Kier alpha value is -1.37. The Morgan fingerprint density at radius 2 is 1.93 bits per heavy atom. The first-order chi connectivity index (χ1) is 7.06. The highest BCUT2D eigenvalue weighted by molar-refractivity contribution is 5.85. The SMILES string of the molecule is C=CCC(=O)C(C)(C)Cc1ccccc1. The maximum Gasteiger partial charge on any atom is 0.142 e. The van der Waals surface area contributed by atoms with Crippen LogP contribution in [0.4, 0.5) is 0 Å². The van der Waals surface area contributed by atoms with Crippen LogP contribution in [0.5, 0.6) is 0 Å². The zero-order valence-electron chi connectivity index (χ0n) is 9.49. The van der Waals surface area contributed by atoms with Gasteiger partial charge >= 0.3 is 0 Å². The van der Waals surface area contributed by atoms with Crippen LogP contribution in [-0.4, -0.2) is 5.78 Å². The van der Waals surface area contributed by atoms with Gasteiger partial charge in [0.1, 0.15) is 5.78 Å². The lowest BCUT2D eigenvalue weighted by Crippen LogP contribution is -2.26. The van der Waals surface area contributed by atoms with Gasteiger partial charge in [0.2, 0.25) is 0 Å². The second-order valence-corrected chi connectivity index (χ2v) is 4.46. The fourth-order valence-electron chi connectivity index (χ4n) is 1.61. The molecule has 0 saturated carbocycles. The van der Waals surface area contributed by atoms with Crippen molar-refractivity contribution in [2.45, 2.75) is 26.7 Å². The highest BCUT2D eigenvalue weighted by atomic mass is 16.1. The summed E-state index contributed by atoms with van der Waals surface area (Å²) in [5.74, 6) is 0.251. The third-order valence-corrected chi connectivity index (χ3v) is 2.57. The van der Waals surface area contributed by atoms with Crippen molar-refractivity contribution in [2.75, 3.05) is 0 Å². The Morgan fingerprint density at radius 1 is 1.33 bits per heavy atom. The van der Waals surface area contributed by atoms with Crippen LogP contribution in [0, 0.1) is 5.41 Å². The number of carbonyl (C=O) groups excluding carboxylic acids is 1. The van der Waals surface area contributed by atoms with Gasteiger partial charge < -0.3 is 0 Å². The van der Waals surface area contributed by atoms with E-state index < -0.39 is 0 Å². The summed E-state index contributed by atoms with van der Waals surface area (Å²) in [7, 11) is 0. The Kier molecular flexibility index (Phi) is 3.84. The Balaban J connectivity index is 2.72. The predicted octanol–water partition coefficient (Wildman–Crippen LogP) is 3.40. The molecule has 80 valence electrons. The van der Waals surface area contributed by atoms with Crippen LogP contribution < -0.4 is 0 Å². The van der Waals surface area contributed by atoms with E-state index in [0.717, 1.165) is 6.42 Å². The number of allylic oxidation sites excluding steroid dienone is 1. The quantitative estimate of drug-likeness (QED) is 0.669. The van der Waals surface area contributed by atoms with Crippen molar-refractivity contribution in [1.82, 2.24) is 0 Å². The molecule has 0 radical (unpaired) electrons. The first kappa shape index (κ1) is 11.7. The van der Waals surface area contributed by atoms with Gasteiger partial charge in [-0.25, -0.2) is 0 Å². The summed E-state index contributed by atoms with van der Waals surface area (Å²) in [6.07, 6.45) is 2.93. The van der Waals surface area contributed by atoms with E-state index in [1.54, 1.807) is 6.08 Å². The van der Waals surface area contributed by atoms with Crippen molar-refractivity contribution in [3.05, 3.63) is 48.6 Å². The van der Waals surface area contributed by atoms with Gasteiger partial charge in [-0.15, -0.1) is 6.58 Å². The van der Waals surface area contributed by atoms with Crippen molar-refractivity contribution >= 4 is 5.78 Å². The monoisotopic (exact) mass is 202 g/mol. The molecule has 0 aliphatic rings. The molecule has 0 saturated heterocycles. The smallest absolute Gasteiger partial charge is 0.142 e. The molecule has 0 heterocycles. The lowest BCUT2D eigenvalue weighted by molar-refractivity contribution is -0.126. The number of rotatable bonds is 5. The maximum absolute atomic E-state index is 11.8. The molecular formula is C14H18O. The molecular weight excluding hydrogens is 184 g/mol. The van der Waals surface area contributed by atoms with Crippen LogP contribution in [0.2, 0.25) is 0 Å². The third-order valence-electron chi connectivity index (χ3n) is 2.57. The molecule has 15 heavy (non-hydrogen) atoms. The summed E-state index contributed by atoms with van der Waals surface area (Å²) in [6.45, 7) is 7.58. The first-order valence-electron chi connectivity index (χ1n) is 5.24. The number of hydrogen-bond acceptors (Lipinski definition) is 1. The van der Waals surface area contributed by atoms with E-state index in [1.807, 2.05) is 32.0 Å². The predicted molar refractivity (Wildman–Crippen MR) is 63.7 cm³/mol. The fraction of sp³-hybridized carbons (Fsp3) is 0.357. The van der Waals surface area contributed by atoms with Crippen molar-refractivity contribution < 1.29 is 4.79 Å². The Bertz CT molecular complexity index is 336. The normalized spacial score (nSPS) is 11.1. The van der Waals surface area contributed by atoms with E-state index in [-0.39, 0.29) is 11.2 Å². The average molecular weight is 202 g/mol. The lowest BCUT2D eigenvalue weighted by atomic mass is 9.80. The molecule has 0 aliphatic carbocycles. The summed E-state index contributed by atoms with van der Waals surface area (Å²) in [5.41, 5.74) is 0.912. The van der Waals surface area contributed by atoms with Crippen molar-refractivity contribution in [1.29, 1.82) is 0 Å². The minimum absolute atomic E-state index is 0.251. The molecule has 1 nitrogen and oxygen atoms in total. The van der Waals surface area contributed by atoms with Crippen LogP contribution >= 0.6 is 0 Å². The molecule has 0 fully saturated rings. The molecule has 0 N–H and O–H groups in total. The fourth-order valence-corrected chi connectivity index (χ4v) is 1.61. The zero-order valence-corrected chi connectivity index (χ0v) is 9.49. The van der Waals surface area contributed by atoms with Crippen molar-refractivity contribution in [3.8, 4) is 0 Å². The molecule has 0 aromatic heterocycles. The van der Waals surface area contributed by atoms with E-state index >= 15 is 0 Å². The average Bonchev–Trinajstić information content (AvgIpc) is 2.19. The first-order valence-corrected chi connectivity index (χ1v) is 5.24. The molecule has 0 atom stereocenters. The van der Waals surface area contributed by atoms with Crippen LogP contribution in [-0.2, 0) is 11.2 Å². The third kappa shape index (κ3) is 3.35. The summed E-state index contributed by atoms with van der Waals surface area (Å²) in [5, 5.41) is 0. The highest BCUT2D eigenvalue weighted by Gasteiger charge is 2.26. The van der Waals surface area contributed by atoms with E-state index in [1.165, 1.54) is 5.56 Å². The second kappa shape index (κ2) is 4.92. The molecule has 0 aliphatic heterocycles. The van der Waals surface area contributed by atoms with Gasteiger partial charge in [-0.3, -0.25) is 4.79 Å². The topological polar surface area (TPSA) is 17.1 Å². The van der Waals surface area contributed by atoms with Gasteiger partial charge in [-0.1, -0.05) is 50.3 Å². The largest absolute Gasteiger partial charge is 0.299 e. The van der Waals surface area contributed by atoms with E-state index in [0.29, 0.717) is 6.42 Å². The van der Waals surface area contributed by atoms with E-state index in [9.17, 15) is 4.79 Å². The number of carbonyl (C=O) groups is 1. The van der Waals surface area contributed by atoms with Gasteiger partial charge in [0.15, 0.2) is 0 Å². The summed E-state index contributed by atoms with van der Waals surface area (Å²) < 4.78 is 0. The van der Waals surface area contributed by atoms with Gasteiger partial charge in [-0.2, -0.15) is 0 Å². The molecule has 0 spiro atoms. The summed E-state index contributed by atoms with van der Waals surface area (Å²) in [4.78, 5) is 11.8. The summed E-state index contributed by atoms with van der Waals surface area (Å²) >= 11 is 0. The highest BCUT2D eigenvalue weighted by Crippen LogP contribution is 2.24. The van der Waals surface area contributed by atoms with Crippen molar-refractivity contribution in [3.63, 3.8) is 0 Å². The molecule has 1 rings (SSSR count). The Labute approximate surface area is 91.8 Å². The van der Waals surface area contributed by atoms with Crippen molar-refractivity contribution in [2.24, 2.45) is 5.41 Å². The molecule has 0 bridgehead atoms. The maximum atomic E-state index is 11.8. The standard InChI is InChI=1S/C14H18O/c1-4-8-13(15)14(2,3)11-12-9-6-5-7-10-12/h4-7,9-10H,1,8,11H2,2-3H3. The van der Waals surface area contributed by atoms with Gasteiger partial charge in [0, 0.05) is 11.8 Å². The lowest BCUT2D eigenvalue weighted by Gasteiger charge is -2.22. The Morgan fingerprint density at radius 3 is 2.47 bits per heavy atom. The number of ketones is 1. The van der Waals surface area contributed by atoms with Gasteiger partial charge in [-0.05, 0) is 12.0 Å². The number of benzene rings is 1. The van der Waals surface area contributed by atoms with Crippen LogP contribution in [0.25, 0.3) is 0 Å². The number of hydrogen-bond donors (Lipinski definition) is 0.